The molecule has 5 heteroatoms. The molecule has 0 amide bonds. The monoisotopic (exact) mass is 267 g/mol. The smallest absolute Gasteiger partial charge is 0.191 e. The van der Waals surface area contributed by atoms with Gasteiger partial charge < -0.3 is 15.7 Å². The van der Waals surface area contributed by atoms with Gasteiger partial charge in [-0.05, 0) is 30.5 Å². The standard InChI is InChI=1S/C13H18ClN3O/c1-17(11-6-7-11)13(15)16-8-12(18)9-2-4-10(14)5-3-9/h2-5,11-12,18H,6-8H2,1H3,(H2,15,16). The molecule has 3 N–H and O–H groups in total. The highest BCUT2D eigenvalue weighted by atomic mass is 35.5. The lowest BCUT2D eigenvalue weighted by atomic mass is 10.1. The molecule has 1 aliphatic rings. The van der Waals surface area contributed by atoms with Gasteiger partial charge in [-0.1, -0.05) is 23.7 Å². The maximum absolute atomic E-state index is 9.97. The quantitative estimate of drug-likeness (QED) is 0.646. The fraction of sp³-hybridized carbons (Fsp3) is 0.462. The molecule has 0 bridgehead atoms. The number of nitrogens with zero attached hydrogens (tertiary/aromatic N) is 2. The lowest BCUT2D eigenvalue weighted by Crippen LogP contribution is -2.36. The summed E-state index contributed by atoms with van der Waals surface area (Å²) in [6, 6.07) is 7.63. The van der Waals surface area contributed by atoms with Crippen LogP contribution >= 0.6 is 11.6 Å². The van der Waals surface area contributed by atoms with E-state index in [0.29, 0.717) is 17.0 Å². The highest BCUT2D eigenvalue weighted by molar-refractivity contribution is 6.30. The maximum atomic E-state index is 9.97. The maximum Gasteiger partial charge on any atom is 0.191 e. The molecule has 0 aromatic heterocycles. The number of guanidine groups is 1. The fourth-order valence-corrected chi connectivity index (χ4v) is 1.86. The van der Waals surface area contributed by atoms with Gasteiger partial charge in [-0.2, -0.15) is 0 Å². The van der Waals surface area contributed by atoms with Gasteiger partial charge in [0.25, 0.3) is 0 Å². The van der Waals surface area contributed by atoms with Crippen molar-refractivity contribution in [3.8, 4) is 0 Å². The number of hydrogen-bond acceptors (Lipinski definition) is 2. The van der Waals surface area contributed by atoms with Gasteiger partial charge in [-0.15, -0.1) is 0 Å². The van der Waals surface area contributed by atoms with E-state index in [2.05, 4.69) is 4.99 Å². The van der Waals surface area contributed by atoms with Crippen LogP contribution in [-0.2, 0) is 0 Å². The van der Waals surface area contributed by atoms with E-state index in [1.807, 2.05) is 11.9 Å². The zero-order valence-corrected chi connectivity index (χ0v) is 11.1. The van der Waals surface area contributed by atoms with E-state index >= 15 is 0 Å². The number of aliphatic hydroxyl groups excluding tert-OH is 1. The van der Waals surface area contributed by atoms with Crippen LogP contribution in [0.25, 0.3) is 0 Å². The van der Waals surface area contributed by atoms with Crippen LogP contribution in [0, 0.1) is 0 Å². The van der Waals surface area contributed by atoms with Crippen LogP contribution in [0.15, 0.2) is 29.3 Å². The fourth-order valence-electron chi connectivity index (χ4n) is 1.73. The lowest BCUT2D eigenvalue weighted by molar-refractivity contribution is 0.187. The Morgan fingerprint density at radius 1 is 1.50 bits per heavy atom. The molecule has 1 aliphatic carbocycles. The molecule has 1 saturated carbocycles. The molecule has 1 aromatic carbocycles. The van der Waals surface area contributed by atoms with Crippen LogP contribution in [0.1, 0.15) is 24.5 Å². The Kier molecular flexibility index (Phi) is 4.09. The van der Waals surface area contributed by atoms with Crippen molar-refractivity contribution in [1.29, 1.82) is 0 Å². The molecule has 1 unspecified atom stereocenters. The summed E-state index contributed by atoms with van der Waals surface area (Å²) in [6.07, 6.45) is 1.70. The molecule has 1 fully saturated rings. The molecule has 0 aliphatic heterocycles. The van der Waals surface area contributed by atoms with Gasteiger partial charge in [0.15, 0.2) is 5.96 Å². The van der Waals surface area contributed by atoms with Crippen molar-refractivity contribution < 1.29 is 5.11 Å². The van der Waals surface area contributed by atoms with Crippen molar-refractivity contribution >= 4 is 17.6 Å². The second-order valence-corrected chi connectivity index (χ2v) is 5.04. The first-order chi connectivity index (χ1) is 8.58. The Hall–Kier alpha value is -1.26. The van der Waals surface area contributed by atoms with Crippen molar-refractivity contribution in [3.05, 3.63) is 34.9 Å². The Labute approximate surface area is 112 Å². The van der Waals surface area contributed by atoms with E-state index in [0.717, 1.165) is 5.56 Å². The number of aliphatic imine (C=N–C) groups is 1. The topological polar surface area (TPSA) is 61.8 Å². The van der Waals surface area contributed by atoms with Crippen molar-refractivity contribution in [2.24, 2.45) is 10.7 Å². The predicted molar refractivity (Wildman–Crippen MR) is 73.7 cm³/mol. The molecule has 98 valence electrons. The lowest BCUT2D eigenvalue weighted by Gasteiger charge is -2.17. The SMILES string of the molecule is CN(C(N)=NCC(O)c1ccc(Cl)cc1)C1CC1. The molecule has 0 spiro atoms. The van der Waals surface area contributed by atoms with Crippen molar-refractivity contribution in [2.75, 3.05) is 13.6 Å². The van der Waals surface area contributed by atoms with Crippen LogP contribution in [0.3, 0.4) is 0 Å². The summed E-state index contributed by atoms with van der Waals surface area (Å²) in [4.78, 5) is 6.19. The van der Waals surface area contributed by atoms with E-state index < -0.39 is 6.10 Å². The molecule has 0 heterocycles. The van der Waals surface area contributed by atoms with Gasteiger partial charge in [0.05, 0.1) is 12.6 Å². The third kappa shape index (κ3) is 3.37. The van der Waals surface area contributed by atoms with Crippen LogP contribution in [0.5, 0.6) is 0 Å². The summed E-state index contributed by atoms with van der Waals surface area (Å²) < 4.78 is 0. The van der Waals surface area contributed by atoms with Crippen LogP contribution < -0.4 is 5.73 Å². The number of nitrogens with two attached hydrogens (primary N) is 1. The van der Waals surface area contributed by atoms with Gasteiger partial charge >= 0.3 is 0 Å². The summed E-state index contributed by atoms with van der Waals surface area (Å²) >= 11 is 5.79. The molecule has 18 heavy (non-hydrogen) atoms. The van der Waals surface area contributed by atoms with E-state index in [1.54, 1.807) is 24.3 Å². The number of rotatable bonds is 4. The minimum atomic E-state index is -0.645. The number of hydrogen-bond donors (Lipinski definition) is 2. The summed E-state index contributed by atoms with van der Waals surface area (Å²) in [5.74, 6) is 0.491. The number of halogens is 1. The molecule has 0 saturated heterocycles. The zero-order valence-electron chi connectivity index (χ0n) is 10.4. The van der Waals surface area contributed by atoms with Crippen LogP contribution in [0.2, 0.25) is 5.02 Å². The third-order valence-electron chi connectivity index (χ3n) is 3.14. The van der Waals surface area contributed by atoms with Crippen LogP contribution in [-0.4, -0.2) is 35.6 Å². The van der Waals surface area contributed by atoms with E-state index in [9.17, 15) is 5.11 Å². The van der Waals surface area contributed by atoms with E-state index in [4.69, 9.17) is 17.3 Å². The predicted octanol–water partition coefficient (Wildman–Crippen LogP) is 1.78. The Morgan fingerprint density at radius 3 is 2.67 bits per heavy atom. The first kappa shape index (κ1) is 13.2. The summed E-state index contributed by atoms with van der Waals surface area (Å²) in [7, 11) is 1.94. The normalized spacial score (nSPS) is 17.6. The molecule has 2 rings (SSSR count). The minimum absolute atomic E-state index is 0.268. The summed E-state index contributed by atoms with van der Waals surface area (Å²) in [6.45, 7) is 0.268. The average molecular weight is 268 g/mol. The summed E-state index contributed by atoms with van der Waals surface area (Å²) in [5.41, 5.74) is 6.65. The van der Waals surface area contributed by atoms with Gasteiger partial charge in [0, 0.05) is 18.1 Å². The molecule has 1 atom stereocenters. The summed E-state index contributed by atoms with van der Waals surface area (Å²) in [5, 5.41) is 10.6. The molecule has 4 nitrogen and oxygen atoms in total. The zero-order chi connectivity index (χ0) is 13.1. The van der Waals surface area contributed by atoms with E-state index in [1.165, 1.54) is 12.8 Å². The Balaban J connectivity index is 1.92. The Morgan fingerprint density at radius 2 is 2.11 bits per heavy atom. The van der Waals surface area contributed by atoms with Crippen LogP contribution in [0.4, 0.5) is 0 Å². The number of aliphatic hydroxyl groups is 1. The Bertz CT molecular complexity index is 428. The van der Waals surface area contributed by atoms with Crippen molar-refractivity contribution in [2.45, 2.75) is 25.0 Å². The first-order valence-corrected chi connectivity index (χ1v) is 6.42. The first-order valence-electron chi connectivity index (χ1n) is 6.04. The highest BCUT2D eigenvalue weighted by Crippen LogP contribution is 2.25. The highest BCUT2D eigenvalue weighted by Gasteiger charge is 2.27. The number of benzene rings is 1. The second-order valence-electron chi connectivity index (χ2n) is 4.61. The van der Waals surface area contributed by atoms with E-state index in [-0.39, 0.29) is 6.54 Å². The molecular formula is C13H18ClN3O. The molecule has 0 radical (unpaired) electrons. The van der Waals surface area contributed by atoms with Crippen molar-refractivity contribution in [3.63, 3.8) is 0 Å². The van der Waals surface area contributed by atoms with Gasteiger partial charge in [0.1, 0.15) is 0 Å². The van der Waals surface area contributed by atoms with Gasteiger partial charge in [-0.25, -0.2) is 0 Å². The van der Waals surface area contributed by atoms with Gasteiger partial charge in [-0.3, -0.25) is 4.99 Å². The largest absolute Gasteiger partial charge is 0.386 e. The average Bonchev–Trinajstić information content (AvgIpc) is 3.19. The minimum Gasteiger partial charge on any atom is -0.386 e. The van der Waals surface area contributed by atoms with Gasteiger partial charge in [0.2, 0.25) is 0 Å². The molecular weight excluding hydrogens is 250 g/mol. The van der Waals surface area contributed by atoms with Crippen molar-refractivity contribution in [1.82, 2.24) is 4.90 Å². The second kappa shape index (κ2) is 5.59. The molecule has 1 aromatic rings. The third-order valence-corrected chi connectivity index (χ3v) is 3.39.